The minimum Gasteiger partial charge on any atom is -0.434 e. The summed E-state index contributed by atoms with van der Waals surface area (Å²) in [4.78, 5) is 19.0. The van der Waals surface area contributed by atoms with E-state index in [2.05, 4.69) is 19.8 Å². The summed E-state index contributed by atoms with van der Waals surface area (Å²) in [5, 5.41) is 4.93. The molecule has 0 bridgehead atoms. The van der Waals surface area contributed by atoms with Crippen LogP contribution in [-0.2, 0) is 4.79 Å². The number of carbonyl (C=O) groups excluding carboxylic acids is 1. The highest BCUT2D eigenvalue weighted by Crippen LogP contribution is 2.42. The summed E-state index contributed by atoms with van der Waals surface area (Å²) in [5.74, 6) is -1.25. The molecule has 176 valence electrons. The highest BCUT2D eigenvalue weighted by Gasteiger charge is 2.30. The van der Waals surface area contributed by atoms with Crippen molar-refractivity contribution in [3.63, 3.8) is 0 Å². The van der Waals surface area contributed by atoms with Crippen molar-refractivity contribution >= 4 is 28.4 Å². The van der Waals surface area contributed by atoms with Gasteiger partial charge in [-0.1, -0.05) is 18.5 Å². The molecule has 10 heteroatoms. The lowest BCUT2D eigenvalue weighted by molar-refractivity contribution is -0.126. The third-order valence-corrected chi connectivity index (χ3v) is 6.78. The zero-order chi connectivity index (χ0) is 24.1. The highest BCUT2D eigenvalue weighted by atomic mass is 35.5. The summed E-state index contributed by atoms with van der Waals surface area (Å²) in [5.41, 5.74) is 4.02. The molecule has 0 spiro atoms. The average Bonchev–Trinajstić information content (AvgIpc) is 3.36. The fourth-order valence-electron chi connectivity index (χ4n) is 4.55. The second-order valence-electron chi connectivity index (χ2n) is 8.43. The van der Waals surface area contributed by atoms with E-state index in [9.17, 15) is 18.0 Å². The Labute approximate surface area is 197 Å². The highest BCUT2D eigenvalue weighted by molar-refractivity contribution is 6.31. The number of aromatic amines is 1. The van der Waals surface area contributed by atoms with Crippen molar-refractivity contribution in [1.29, 1.82) is 0 Å². The number of halogens is 4. The van der Waals surface area contributed by atoms with Gasteiger partial charge in [-0.15, -0.1) is 0 Å². The molecule has 1 fully saturated rings. The van der Waals surface area contributed by atoms with Crippen LogP contribution >= 0.6 is 11.6 Å². The number of hydrogen-bond donors (Lipinski definition) is 1. The molecule has 1 aliphatic carbocycles. The lowest BCUT2D eigenvalue weighted by Gasteiger charge is -2.25. The van der Waals surface area contributed by atoms with Gasteiger partial charge in [0.2, 0.25) is 0 Å². The second-order valence-corrected chi connectivity index (χ2v) is 8.80. The molecule has 1 unspecified atom stereocenters. The molecule has 3 aromatic heterocycles. The predicted molar refractivity (Wildman–Crippen MR) is 121 cm³/mol. The SMILES string of the molecule is Cc1c(-c2cnc3[nH]cc(C(C)c4c(OC(F)F)ccc(F)c4Cl)c3c2)cnn1C1CC(=O)C1. The van der Waals surface area contributed by atoms with Gasteiger partial charge in [-0.25, -0.2) is 9.37 Å². The summed E-state index contributed by atoms with van der Waals surface area (Å²) in [6.45, 7) is 0.607. The number of rotatable bonds is 6. The van der Waals surface area contributed by atoms with Gasteiger partial charge in [0.1, 0.15) is 23.0 Å². The van der Waals surface area contributed by atoms with Gasteiger partial charge >= 0.3 is 6.61 Å². The number of hydrogen-bond acceptors (Lipinski definition) is 4. The fourth-order valence-corrected chi connectivity index (χ4v) is 4.87. The number of aromatic nitrogens is 4. The van der Waals surface area contributed by atoms with Crippen LogP contribution in [0.25, 0.3) is 22.2 Å². The number of alkyl halides is 2. The van der Waals surface area contributed by atoms with E-state index in [0.29, 0.717) is 24.1 Å². The lowest BCUT2D eigenvalue weighted by atomic mass is 9.91. The first-order valence-corrected chi connectivity index (χ1v) is 11.1. The van der Waals surface area contributed by atoms with Crippen molar-refractivity contribution in [3.05, 3.63) is 64.5 Å². The standard InChI is InChI=1S/C24H20ClF3N4O2/c1-11(21-20(34-24(27)28)4-3-19(26)22(21)25)17-9-30-23-16(17)5-13(8-29-23)18-10-31-32(12(18)2)14-6-15(33)7-14/h3-5,8-11,14,24H,6-7H2,1-2H3,(H,29,30). The Bertz CT molecular complexity index is 1410. The first-order valence-electron chi connectivity index (χ1n) is 10.7. The maximum absolute atomic E-state index is 14.2. The molecule has 1 aliphatic rings. The number of Topliss-reactive ketones (excluding diaryl/α,β-unsaturated/α-hetero) is 1. The van der Waals surface area contributed by atoms with Crippen LogP contribution < -0.4 is 4.74 Å². The van der Waals surface area contributed by atoms with Crippen molar-refractivity contribution in [2.45, 2.75) is 45.3 Å². The minimum atomic E-state index is -3.07. The molecule has 5 rings (SSSR count). The van der Waals surface area contributed by atoms with Gasteiger partial charge in [0, 0.05) is 58.9 Å². The molecule has 0 amide bonds. The van der Waals surface area contributed by atoms with Gasteiger partial charge in [-0.3, -0.25) is 9.48 Å². The van der Waals surface area contributed by atoms with E-state index in [-0.39, 0.29) is 28.2 Å². The summed E-state index contributed by atoms with van der Waals surface area (Å²) >= 11 is 6.19. The van der Waals surface area contributed by atoms with Crippen LogP contribution in [0.2, 0.25) is 5.02 Å². The molecular formula is C24H20ClF3N4O2. The molecular weight excluding hydrogens is 469 g/mol. The van der Waals surface area contributed by atoms with E-state index >= 15 is 0 Å². The lowest BCUT2D eigenvalue weighted by Crippen LogP contribution is -2.28. The van der Waals surface area contributed by atoms with Crippen LogP contribution in [0.5, 0.6) is 5.75 Å². The van der Waals surface area contributed by atoms with Crippen LogP contribution in [-0.4, -0.2) is 32.1 Å². The monoisotopic (exact) mass is 488 g/mol. The Kier molecular flexibility index (Phi) is 5.59. The summed E-state index contributed by atoms with van der Waals surface area (Å²) in [7, 11) is 0. The predicted octanol–water partition coefficient (Wildman–Crippen LogP) is 6.18. The Hall–Kier alpha value is -3.33. The van der Waals surface area contributed by atoms with Crippen LogP contribution in [0.1, 0.15) is 48.5 Å². The zero-order valence-electron chi connectivity index (χ0n) is 18.3. The number of nitrogens with one attached hydrogen (secondary N) is 1. The Morgan fingerprint density at radius 2 is 2.03 bits per heavy atom. The molecule has 6 nitrogen and oxygen atoms in total. The van der Waals surface area contributed by atoms with Crippen LogP contribution in [0.3, 0.4) is 0 Å². The smallest absolute Gasteiger partial charge is 0.387 e. The summed E-state index contributed by atoms with van der Waals surface area (Å²) < 4.78 is 46.7. The van der Waals surface area contributed by atoms with Crippen molar-refractivity contribution in [1.82, 2.24) is 19.7 Å². The minimum absolute atomic E-state index is 0.0733. The van der Waals surface area contributed by atoms with E-state index in [1.54, 1.807) is 25.5 Å². The number of carbonyl (C=O) groups is 1. The number of benzene rings is 1. The molecule has 0 aliphatic heterocycles. The summed E-state index contributed by atoms with van der Waals surface area (Å²) in [6, 6.07) is 4.15. The molecule has 1 N–H and O–H groups in total. The zero-order valence-corrected chi connectivity index (χ0v) is 19.0. The number of ketones is 1. The normalized spacial score (nSPS) is 15.2. The van der Waals surface area contributed by atoms with Gasteiger partial charge in [-0.2, -0.15) is 13.9 Å². The van der Waals surface area contributed by atoms with Crippen LogP contribution in [0, 0.1) is 12.7 Å². The molecule has 1 aromatic carbocycles. The van der Waals surface area contributed by atoms with Crippen molar-refractivity contribution in [2.24, 2.45) is 0 Å². The van der Waals surface area contributed by atoms with E-state index in [1.807, 2.05) is 17.7 Å². The van der Waals surface area contributed by atoms with Gasteiger partial charge in [0.15, 0.2) is 0 Å². The van der Waals surface area contributed by atoms with Crippen molar-refractivity contribution in [2.75, 3.05) is 0 Å². The molecule has 1 saturated carbocycles. The molecule has 34 heavy (non-hydrogen) atoms. The van der Waals surface area contributed by atoms with E-state index in [1.165, 1.54) is 0 Å². The van der Waals surface area contributed by atoms with Gasteiger partial charge in [0.25, 0.3) is 0 Å². The number of fused-ring (bicyclic) bond motifs is 1. The van der Waals surface area contributed by atoms with E-state index in [0.717, 1.165) is 34.3 Å². The third kappa shape index (κ3) is 3.73. The number of pyridine rings is 1. The number of H-pyrrole nitrogens is 1. The number of ether oxygens (including phenoxy) is 1. The largest absolute Gasteiger partial charge is 0.434 e. The Balaban J connectivity index is 1.57. The molecule has 4 aromatic rings. The maximum atomic E-state index is 14.2. The maximum Gasteiger partial charge on any atom is 0.387 e. The van der Waals surface area contributed by atoms with Gasteiger partial charge in [-0.05, 0) is 30.7 Å². The third-order valence-electron chi connectivity index (χ3n) is 6.40. The van der Waals surface area contributed by atoms with Crippen molar-refractivity contribution in [3.8, 4) is 16.9 Å². The first-order chi connectivity index (χ1) is 16.2. The Morgan fingerprint density at radius 3 is 2.74 bits per heavy atom. The average molecular weight is 489 g/mol. The van der Waals surface area contributed by atoms with Gasteiger partial charge < -0.3 is 9.72 Å². The van der Waals surface area contributed by atoms with E-state index < -0.39 is 18.3 Å². The number of nitrogens with zero attached hydrogens (tertiary/aromatic N) is 3. The second kappa shape index (κ2) is 8.47. The first kappa shape index (κ1) is 22.5. The van der Waals surface area contributed by atoms with E-state index in [4.69, 9.17) is 11.6 Å². The molecule has 1 atom stereocenters. The quantitative estimate of drug-likeness (QED) is 0.351. The fraction of sp³-hybridized carbons (Fsp3) is 0.292. The van der Waals surface area contributed by atoms with Crippen LogP contribution in [0.15, 0.2) is 36.8 Å². The Morgan fingerprint density at radius 1 is 1.26 bits per heavy atom. The molecule has 0 saturated heterocycles. The van der Waals surface area contributed by atoms with Gasteiger partial charge in [0.05, 0.1) is 17.3 Å². The van der Waals surface area contributed by atoms with Crippen molar-refractivity contribution < 1.29 is 22.7 Å². The van der Waals surface area contributed by atoms with Crippen LogP contribution in [0.4, 0.5) is 13.2 Å². The molecule has 0 radical (unpaired) electrons. The topological polar surface area (TPSA) is 72.8 Å². The molecule has 3 heterocycles. The summed E-state index contributed by atoms with van der Waals surface area (Å²) in [6.07, 6.45) is 6.13.